The van der Waals surface area contributed by atoms with Crippen molar-refractivity contribution in [1.82, 2.24) is 0 Å². The molecule has 0 aliphatic rings. The second-order valence-electron chi connectivity index (χ2n) is 12.7. The van der Waals surface area contributed by atoms with Crippen LogP contribution in [0.2, 0.25) is 0 Å². The Morgan fingerprint density at radius 1 is 0.651 bits per heavy atom. The van der Waals surface area contributed by atoms with Crippen LogP contribution in [0.5, 0.6) is 0 Å². The maximum atomic E-state index is 11.0. The van der Waals surface area contributed by atoms with E-state index in [0.29, 0.717) is 37.2 Å². The Morgan fingerprint density at radius 2 is 0.907 bits per heavy atom. The van der Waals surface area contributed by atoms with Crippen molar-refractivity contribution in [3.63, 3.8) is 0 Å². The fourth-order valence-corrected chi connectivity index (χ4v) is 3.38. The summed E-state index contributed by atoms with van der Waals surface area (Å²) in [4.78, 5) is 42.1. The SMILES string of the molecule is CC(CCOC(=O)/C=C/C(=O)[O-])CC(C)(C)C.CC(CCOC(=O)/C=C/C(=O)[O-])CC(C)(C)C.[CH2]CCC.[CH2]CCC.[Sn+2]. The normalized spacial score (nSPS) is 12.2. The van der Waals surface area contributed by atoms with E-state index in [-0.39, 0.29) is 34.7 Å². The van der Waals surface area contributed by atoms with Crippen LogP contribution in [0.15, 0.2) is 24.3 Å². The van der Waals surface area contributed by atoms with Gasteiger partial charge in [-0.05, 0) is 60.5 Å². The number of ether oxygens (including phenoxy) is 2. The topological polar surface area (TPSA) is 133 Å². The van der Waals surface area contributed by atoms with E-state index in [1.54, 1.807) is 0 Å². The van der Waals surface area contributed by atoms with Crippen molar-refractivity contribution in [1.29, 1.82) is 0 Å². The first kappa shape index (κ1) is 50.8. The molecule has 248 valence electrons. The van der Waals surface area contributed by atoms with Gasteiger partial charge in [0.2, 0.25) is 0 Å². The Bertz CT molecular complexity index is 693. The van der Waals surface area contributed by atoms with Gasteiger partial charge in [-0.15, -0.1) is 0 Å². The van der Waals surface area contributed by atoms with Gasteiger partial charge in [-0.2, -0.15) is 0 Å². The molecule has 0 aromatic carbocycles. The van der Waals surface area contributed by atoms with Crippen molar-refractivity contribution in [2.75, 3.05) is 13.2 Å². The molecule has 0 saturated heterocycles. The van der Waals surface area contributed by atoms with Gasteiger partial charge in [0.15, 0.2) is 0 Å². The summed E-state index contributed by atoms with van der Waals surface area (Å²) in [5, 5.41) is 20.1. The molecule has 8 nitrogen and oxygen atoms in total. The fraction of sp³-hybridized carbons (Fsp3) is 0.706. The third-order valence-electron chi connectivity index (χ3n) is 5.05. The molecule has 0 saturated carbocycles. The third-order valence-corrected chi connectivity index (χ3v) is 5.05. The third kappa shape index (κ3) is 56.5. The number of rotatable bonds is 14. The summed E-state index contributed by atoms with van der Waals surface area (Å²) in [6, 6.07) is 0. The van der Waals surface area contributed by atoms with Crippen LogP contribution >= 0.6 is 0 Å². The second-order valence-corrected chi connectivity index (χ2v) is 12.7. The second kappa shape index (κ2) is 31.6. The molecule has 0 aliphatic heterocycles. The average molecular weight is 716 g/mol. The van der Waals surface area contributed by atoms with E-state index in [2.05, 4.69) is 83.1 Å². The molecule has 2 unspecified atom stereocenters. The molecule has 0 heterocycles. The molecule has 0 spiro atoms. The summed E-state index contributed by atoms with van der Waals surface area (Å²) in [5.74, 6) is -3.15. The van der Waals surface area contributed by atoms with Gasteiger partial charge >= 0.3 is 35.8 Å². The van der Waals surface area contributed by atoms with Crippen molar-refractivity contribution >= 4 is 47.8 Å². The van der Waals surface area contributed by atoms with Crippen LogP contribution in [-0.4, -0.2) is 61.0 Å². The number of aliphatic carboxylic acids is 2. The number of esters is 2. The van der Waals surface area contributed by atoms with Gasteiger partial charge in [-0.25, -0.2) is 9.59 Å². The largest absolute Gasteiger partial charge is 2.00 e. The maximum Gasteiger partial charge on any atom is 2.00 e. The van der Waals surface area contributed by atoms with Gasteiger partial charge in [0.05, 0.1) is 25.2 Å². The zero-order chi connectivity index (χ0) is 33.8. The molecule has 9 heteroatoms. The molecule has 0 aromatic rings. The van der Waals surface area contributed by atoms with Crippen molar-refractivity contribution in [2.24, 2.45) is 22.7 Å². The molecular formula is C34H60O8Sn. The van der Waals surface area contributed by atoms with E-state index in [4.69, 9.17) is 9.47 Å². The van der Waals surface area contributed by atoms with Crippen LogP contribution in [0.25, 0.3) is 0 Å². The van der Waals surface area contributed by atoms with E-state index >= 15 is 0 Å². The Hall–Kier alpha value is -1.84. The standard InChI is InChI=1S/2C13H22O4.2C4H9.Sn/c2*1-10(9-13(2,3)4)7-8-17-12(16)6-5-11(14)15;2*1-3-4-2;/h2*5-6,10H,7-9H2,1-4H3,(H,14,15);2*1,3-4H2,2H3;/q;;;;+2/p-2/b2*6-5+;;;. The number of unbranched alkanes of at least 4 members (excludes halogenated alkanes) is 2. The minimum atomic E-state index is -1.40. The van der Waals surface area contributed by atoms with Gasteiger partial charge in [-0.1, -0.05) is 109 Å². The molecule has 0 N–H and O–H groups in total. The first-order valence-corrected chi connectivity index (χ1v) is 14.9. The molecule has 2 atom stereocenters. The first-order chi connectivity index (χ1) is 19.2. The van der Waals surface area contributed by atoms with Crippen molar-refractivity contribution < 1.29 is 38.9 Å². The minimum absolute atomic E-state index is 0. The number of carboxylic acid groups (broad SMARTS) is 2. The molecular weight excluding hydrogens is 655 g/mol. The maximum absolute atomic E-state index is 11.0. The molecule has 0 bridgehead atoms. The summed E-state index contributed by atoms with van der Waals surface area (Å²) in [6.07, 6.45) is 11.3. The predicted molar refractivity (Wildman–Crippen MR) is 172 cm³/mol. The molecule has 0 aromatic heterocycles. The fourth-order valence-electron chi connectivity index (χ4n) is 3.38. The number of carbonyl (C=O) groups is 4. The monoisotopic (exact) mass is 716 g/mol. The summed E-state index contributed by atoms with van der Waals surface area (Å²) < 4.78 is 9.72. The Labute approximate surface area is 280 Å². The molecule has 43 heavy (non-hydrogen) atoms. The average Bonchev–Trinajstić information content (AvgIpc) is 2.84. The number of carboxylic acids is 2. The van der Waals surface area contributed by atoms with Crippen LogP contribution in [0.4, 0.5) is 0 Å². The molecule has 0 rings (SSSR count). The van der Waals surface area contributed by atoms with Crippen LogP contribution in [0, 0.1) is 36.5 Å². The summed E-state index contributed by atoms with van der Waals surface area (Å²) in [5.41, 5.74) is 0.524. The Balaban J connectivity index is -0.000000175. The number of hydrogen-bond acceptors (Lipinski definition) is 8. The van der Waals surface area contributed by atoms with Gasteiger partial charge in [0.1, 0.15) is 0 Å². The Morgan fingerprint density at radius 3 is 1.09 bits per heavy atom. The van der Waals surface area contributed by atoms with Crippen LogP contribution in [-0.2, 0) is 28.7 Å². The van der Waals surface area contributed by atoms with Crippen molar-refractivity contribution in [3.05, 3.63) is 38.2 Å². The quantitative estimate of drug-likeness (QED) is 0.132. The van der Waals surface area contributed by atoms with Gasteiger partial charge in [-0.3, -0.25) is 0 Å². The molecule has 0 amide bonds. The Kier molecular flexibility index (Phi) is 37.3. The molecule has 0 aliphatic carbocycles. The van der Waals surface area contributed by atoms with E-state index < -0.39 is 23.9 Å². The zero-order valence-electron chi connectivity index (χ0n) is 28.7. The molecule has 4 radical (unpaired) electrons. The molecule has 0 fully saturated rings. The minimum Gasteiger partial charge on any atom is -0.545 e. The smallest absolute Gasteiger partial charge is 0.545 e. The van der Waals surface area contributed by atoms with Crippen LogP contribution < -0.4 is 10.2 Å². The van der Waals surface area contributed by atoms with Crippen molar-refractivity contribution in [3.8, 4) is 0 Å². The van der Waals surface area contributed by atoms with E-state index in [9.17, 15) is 29.4 Å². The van der Waals surface area contributed by atoms with Gasteiger partial charge < -0.3 is 29.3 Å². The van der Waals surface area contributed by atoms with Gasteiger partial charge in [0, 0.05) is 12.2 Å². The van der Waals surface area contributed by atoms with E-state index in [1.807, 2.05) is 0 Å². The summed E-state index contributed by atoms with van der Waals surface area (Å²) >= 11 is 0. The van der Waals surface area contributed by atoms with E-state index in [1.165, 1.54) is 12.8 Å². The number of carbonyl (C=O) groups excluding carboxylic acids is 4. The zero-order valence-corrected chi connectivity index (χ0v) is 31.6. The predicted octanol–water partition coefficient (Wildman–Crippen LogP) is 5.46. The van der Waals surface area contributed by atoms with Gasteiger partial charge in [0.25, 0.3) is 0 Å². The summed E-state index contributed by atoms with van der Waals surface area (Å²) in [6.45, 7) is 29.3. The van der Waals surface area contributed by atoms with Crippen molar-refractivity contribution in [2.45, 2.75) is 121 Å². The van der Waals surface area contributed by atoms with E-state index in [0.717, 1.165) is 50.7 Å². The first-order valence-electron chi connectivity index (χ1n) is 14.9. The van der Waals surface area contributed by atoms with Crippen LogP contribution in [0.1, 0.15) is 121 Å². The number of hydrogen-bond donors (Lipinski definition) is 0. The summed E-state index contributed by atoms with van der Waals surface area (Å²) in [7, 11) is 0. The van der Waals surface area contributed by atoms with Crippen LogP contribution in [0.3, 0.4) is 0 Å².